The summed E-state index contributed by atoms with van der Waals surface area (Å²) in [6.45, 7) is 13.4. The molecule has 3 aromatic rings. The molecule has 1 fully saturated rings. The molecule has 0 amide bonds. The van der Waals surface area contributed by atoms with Crippen LogP contribution in [0.15, 0.2) is 46.1 Å². The number of aryl methyl sites for hydroxylation is 1. The summed E-state index contributed by atoms with van der Waals surface area (Å²) in [5.41, 5.74) is 11.2. The van der Waals surface area contributed by atoms with E-state index in [1.807, 2.05) is 28.9 Å². The van der Waals surface area contributed by atoms with Gasteiger partial charge >= 0.3 is 0 Å². The van der Waals surface area contributed by atoms with Gasteiger partial charge in [-0.3, -0.25) is 0 Å². The van der Waals surface area contributed by atoms with Gasteiger partial charge in [-0.05, 0) is 96.0 Å². The Labute approximate surface area is 229 Å². The fraction of sp³-hybridized carbons (Fsp3) is 0.500. The van der Waals surface area contributed by atoms with Crippen LogP contribution in [0, 0.1) is 0 Å². The number of aliphatic hydroxyl groups excluding tert-OH is 1. The minimum absolute atomic E-state index is 0.125. The third-order valence-electron chi connectivity index (χ3n) is 7.78. The smallest absolute Gasteiger partial charge is 0.250 e. The van der Waals surface area contributed by atoms with E-state index in [9.17, 15) is 5.11 Å². The van der Waals surface area contributed by atoms with Gasteiger partial charge in [0.15, 0.2) is 0 Å². The molecule has 0 radical (unpaired) electrons. The minimum Gasteiger partial charge on any atom is -0.543 e. The zero-order valence-corrected chi connectivity index (χ0v) is 25.4. The Morgan fingerprint density at radius 2 is 1.95 bits per heavy atom. The topological polar surface area (TPSA) is 97.2 Å². The molecule has 9 heteroatoms. The molecule has 2 aromatic heterocycles. The summed E-state index contributed by atoms with van der Waals surface area (Å²) in [6.07, 6.45) is 7.72. The molecule has 7 nitrogen and oxygen atoms in total. The van der Waals surface area contributed by atoms with Crippen molar-refractivity contribution in [3.05, 3.63) is 52.3 Å². The maximum absolute atomic E-state index is 9.95. The van der Waals surface area contributed by atoms with Crippen molar-refractivity contribution in [2.24, 2.45) is 10.7 Å². The SMILES string of the molecule is CCc1cc(O[Si](C)(C)C(C)(C)C)ccc1N=C(N)c1cnn2cc(Br)cc2c1N[C@H]1CC[C@H](O)CC1. The summed E-state index contributed by atoms with van der Waals surface area (Å²) < 4.78 is 9.31. The van der Waals surface area contributed by atoms with Gasteiger partial charge in [0.25, 0.3) is 0 Å². The summed E-state index contributed by atoms with van der Waals surface area (Å²) in [4.78, 5) is 4.88. The average molecular weight is 587 g/mol. The highest BCUT2D eigenvalue weighted by Gasteiger charge is 2.39. The highest BCUT2D eigenvalue weighted by atomic mass is 79.9. The van der Waals surface area contributed by atoms with Crippen LogP contribution < -0.4 is 15.5 Å². The molecular formula is C28H40BrN5O2Si. The number of aromatic nitrogens is 2. The molecule has 0 unspecified atom stereocenters. The Bertz CT molecular complexity index is 1290. The third kappa shape index (κ3) is 6.21. The quantitative estimate of drug-likeness (QED) is 0.161. The maximum Gasteiger partial charge on any atom is 0.250 e. The average Bonchev–Trinajstić information content (AvgIpc) is 3.21. The predicted molar refractivity (Wildman–Crippen MR) is 159 cm³/mol. The van der Waals surface area contributed by atoms with Gasteiger partial charge in [0.05, 0.1) is 34.8 Å². The number of anilines is 1. The minimum atomic E-state index is -1.94. The maximum atomic E-state index is 9.95. The first-order valence-corrected chi connectivity index (χ1v) is 16.9. The second-order valence-electron chi connectivity index (χ2n) is 11.6. The summed E-state index contributed by atoms with van der Waals surface area (Å²) in [5, 5.41) is 18.4. The fourth-order valence-corrected chi connectivity index (χ4v) is 5.88. The largest absolute Gasteiger partial charge is 0.543 e. The van der Waals surface area contributed by atoms with Crippen LogP contribution in [0.3, 0.4) is 0 Å². The van der Waals surface area contributed by atoms with E-state index in [-0.39, 0.29) is 17.2 Å². The highest BCUT2D eigenvalue weighted by Crippen LogP contribution is 2.38. The number of benzene rings is 1. The number of nitrogens with one attached hydrogen (secondary N) is 1. The van der Waals surface area contributed by atoms with Gasteiger partial charge < -0.3 is 20.6 Å². The van der Waals surface area contributed by atoms with Crippen molar-refractivity contribution in [2.45, 2.75) is 90.1 Å². The van der Waals surface area contributed by atoms with E-state index < -0.39 is 8.32 Å². The van der Waals surface area contributed by atoms with E-state index in [1.54, 1.807) is 6.20 Å². The van der Waals surface area contributed by atoms with Gasteiger partial charge in [0, 0.05) is 16.7 Å². The van der Waals surface area contributed by atoms with E-state index >= 15 is 0 Å². The molecule has 2 heterocycles. The highest BCUT2D eigenvalue weighted by molar-refractivity contribution is 9.10. The Morgan fingerprint density at radius 3 is 2.59 bits per heavy atom. The van der Waals surface area contributed by atoms with E-state index in [4.69, 9.17) is 15.2 Å². The standard InChI is InChI=1S/C28H40BrN5O2Si/c1-7-18-14-22(36-37(5,6)28(2,3)4)12-13-24(18)33-27(30)23-16-31-34-17-19(29)15-25(34)26(23)32-20-8-10-21(35)11-9-20/h12-17,20-21,32,35H,7-11H2,1-6H3,(H2,30,33)/t20-,21-. The summed E-state index contributed by atoms with van der Waals surface area (Å²) in [7, 11) is -1.94. The number of halogens is 1. The normalized spacial score (nSPS) is 19.3. The lowest BCUT2D eigenvalue weighted by atomic mass is 9.93. The second-order valence-corrected chi connectivity index (χ2v) is 17.2. The van der Waals surface area contributed by atoms with Crippen LogP contribution in [0.25, 0.3) is 5.52 Å². The van der Waals surface area contributed by atoms with Crippen molar-refractivity contribution in [1.29, 1.82) is 0 Å². The Balaban J connectivity index is 1.69. The molecule has 0 saturated heterocycles. The molecule has 1 saturated carbocycles. The van der Waals surface area contributed by atoms with Gasteiger partial charge in [0.2, 0.25) is 8.32 Å². The summed E-state index contributed by atoms with van der Waals surface area (Å²) in [6, 6.07) is 8.40. The van der Waals surface area contributed by atoms with Crippen molar-refractivity contribution >= 4 is 47.0 Å². The lowest BCUT2D eigenvalue weighted by Gasteiger charge is -2.36. The third-order valence-corrected chi connectivity index (χ3v) is 12.6. The van der Waals surface area contributed by atoms with E-state index in [0.717, 1.165) is 70.3 Å². The van der Waals surface area contributed by atoms with Crippen LogP contribution in [0.2, 0.25) is 18.1 Å². The second kappa shape index (κ2) is 10.8. The molecule has 4 rings (SSSR count). The first-order valence-electron chi connectivity index (χ1n) is 13.2. The number of aliphatic imine (C=N–C) groups is 1. The molecule has 1 aliphatic rings. The van der Waals surface area contributed by atoms with E-state index in [1.165, 1.54) is 0 Å². The summed E-state index contributed by atoms with van der Waals surface area (Å²) in [5.74, 6) is 1.31. The number of hydrogen-bond donors (Lipinski definition) is 3. The van der Waals surface area contributed by atoms with Crippen molar-refractivity contribution in [2.75, 3.05) is 5.32 Å². The number of nitrogens with two attached hydrogens (primary N) is 1. The predicted octanol–water partition coefficient (Wildman–Crippen LogP) is 6.80. The van der Waals surface area contributed by atoms with Crippen molar-refractivity contribution in [3.63, 3.8) is 0 Å². The first kappa shape index (κ1) is 27.7. The summed E-state index contributed by atoms with van der Waals surface area (Å²) >= 11 is 3.57. The van der Waals surface area contributed by atoms with Crippen LogP contribution in [-0.4, -0.2) is 41.0 Å². The number of aliphatic hydroxyl groups is 1. The van der Waals surface area contributed by atoms with E-state index in [0.29, 0.717) is 5.84 Å². The molecule has 200 valence electrons. The molecule has 0 bridgehead atoms. The van der Waals surface area contributed by atoms with E-state index in [2.05, 4.69) is 73.2 Å². The molecule has 0 aliphatic heterocycles. The van der Waals surface area contributed by atoms with Crippen molar-refractivity contribution in [3.8, 4) is 5.75 Å². The Kier molecular flexibility index (Phi) is 8.06. The van der Waals surface area contributed by atoms with Gasteiger partial charge in [-0.15, -0.1) is 0 Å². The number of fused-ring (bicyclic) bond motifs is 1. The lowest BCUT2D eigenvalue weighted by Crippen LogP contribution is -2.43. The number of rotatable bonds is 7. The molecular weight excluding hydrogens is 546 g/mol. The fourth-order valence-electron chi connectivity index (χ4n) is 4.45. The van der Waals surface area contributed by atoms with Crippen LogP contribution >= 0.6 is 15.9 Å². The monoisotopic (exact) mass is 585 g/mol. The first-order chi connectivity index (χ1) is 17.4. The van der Waals surface area contributed by atoms with Crippen molar-refractivity contribution in [1.82, 2.24) is 9.61 Å². The Morgan fingerprint density at radius 1 is 1.24 bits per heavy atom. The Hall–Kier alpha value is -2.36. The van der Waals surface area contributed by atoms with Gasteiger partial charge in [-0.25, -0.2) is 9.51 Å². The zero-order chi connectivity index (χ0) is 27.0. The van der Waals surface area contributed by atoms with Crippen LogP contribution in [0.4, 0.5) is 11.4 Å². The number of hydrogen-bond acceptors (Lipinski definition) is 5. The molecule has 4 N–H and O–H groups in total. The zero-order valence-electron chi connectivity index (χ0n) is 22.8. The number of nitrogens with zero attached hydrogens (tertiary/aromatic N) is 3. The number of amidine groups is 1. The van der Waals surface area contributed by atoms with Crippen LogP contribution in [0.5, 0.6) is 5.75 Å². The molecule has 1 aromatic carbocycles. The molecule has 37 heavy (non-hydrogen) atoms. The van der Waals surface area contributed by atoms with Gasteiger partial charge in [-0.2, -0.15) is 5.10 Å². The van der Waals surface area contributed by atoms with Gasteiger partial charge in [0.1, 0.15) is 11.6 Å². The van der Waals surface area contributed by atoms with Crippen molar-refractivity contribution < 1.29 is 9.53 Å². The van der Waals surface area contributed by atoms with Crippen LogP contribution in [-0.2, 0) is 6.42 Å². The molecule has 1 aliphatic carbocycles. The van der Waals surface area contributed by atoms with Gasteiger partial charge in [-0.1, -0.05) is 27.7 Å². The molecule has 0 spiro atoms. The lowest BCUT2D eigenvalue weighted by molar-refractivity contribution is 0.126. The van der Waals surface area contributed by atoms with Crippen LogP contribution in [0.1, 0.15) is 64.5 Å². The molecule has 0 atom stereocenters.